The highest BCUT2D eigenvalue weighted by molar-refractivity contribution is 6.06. The van der Waals surface area contributed by atoms with Crippen LogP contribution in [0.2, 0.25) is 0 Å². The molecule has 37 heavy (non-hydrogen) atoms. The van der Waals surface area contributed by atoms with Crippen molar-refractivity contribution < 1.29 is 9.53 Å². The molecule has 5 aromatic rings. The van der Waals surface area contributed by atoms with E-state index in [1.807, 2.05) is 73.6 Å². The monoisotopic (exact) mass is 492 g/mol. The van der Waals surface area contributed by atoms with Gasteiger partial charge in [0.1, 0.15) is 30.0 Å². The molecule has 184 valence electrons. The summed E-state index contributed by atoms with van der Waals surface area (Å²) in [4.78, 5) is 28.9. The summed E-state index contributed by atoms with van der Waals surface area (Å²) in [6, 6.07) is 16.8. The van der Waals surface area contributed by atoms with Crippen LogP contribution in [0.4, 0.5) is 17.2 Å². The molecule has 0 radical (unpaired) electrons. The van der Waals surface area contributed by atoms with Crippen LogP contribution < -0.4 is 15.0 Å². The molecule has 0 saturated heterocycles. The second-order valence-electron chi connectivity index (χ2n) is 8.50. The number of rotatable bonds is 6. The Morgan fingerprint density at radius 3 is 2.62 bits per heavy atom. The Morgan fingerprint density at radius 2 is 1.81 bits per heavy atom. The van der Waals surface area contributed by atoms with E-state index in [4.69, 9.17) is 4.74 Å². The van der Waals surface area contributed by atoms with Gasteiger partial charge in [0.25, 0.3) is 0 Å². The SMILES string of the molecule is CN(C)CC#CC(=O)N(C)c1ccc2ncnc(Nc3ccc(Oc4ccn5ncnc5c4)cc3)c2c1. The quantitative estimate of drug-likeness (QED) is 0.358. The molecule has 0 saturated carbocycles. The number of benzene rings is 2. The van der Waals surface area contributed by atoms with Crippen molar-refractivity contribution in [3.05, 3.63) is 73.4 Å². The standard InChI is InChI=1S/C27H24N8O2/c1-33(2)13-4-5-26(36)34(3)20-8-11-24-23(15-20)27(30-17-28-24)32-19-6-9-21(10-7-19)37-22-12-14-35-25(16-22)29-18-31-35/h6-12,14-18H,13H2,1-3H3,(H,28,30,32). The summed E-state index contributed by atoms with van der Waals surface area (Å²) < 4.78 is 7.62. The molecule has 10 nitrogen and oxygen atoms in total. The summed E-state index contributed by atoms with van der Waals surface area (Å²) in [6.07, 6.45) is 4.79. The maximum atomic E-state index is 12.5. The van der Waals surface area contributed by atoms with Gasteiger partial charge in [0, 0.05) is 36.1 Å². The molecule has 0 unspecified atom stereocenters. The Hall–Kier alpha value is -5.01. The number of carbonyl (C=O) groups is 1. The molecule has 2 aromatic carbocycles. The first-order valence-electron chi connectivity index (χ1n) is 11.5. The van der Waals surface area contributed by atoms with Gasteiger partial charge in [-0.2, -0.15) is 5.10 Å². The molecule has 0 aliphatic heterocycles. The molecular formula is C27H24N8O2. The average molecular weight is 493 g/mol. The normalized spacial score (nSPS) is 10.8. The predicted molar refractivity (Wildman–Crippen MR) is 142 cm³/mol. The van der Waals surface area contributed by atoms with E-state index in [9.17, 15) is 4.79 Å². The average Bonchev–Trinajstić information content (AvgIpc) is 3.37. The van der Waals surface area contributed by atoms with Crippen molar-refractivity contribution in [2.24, 2.45) is 0 Å². The van der Waals surface area contributed by atoms with Crippen LogP contribution in [0.15, 0.2) is 73.4 Å². The number of hydrogen-bond acceptors (Lipinski definition) is 8. The summed E-state index contributed by atoms with van der Waals surface area (Å²) in [6.45, 7) is 0.514. The summed E-state index contributed by atoms with van der Waals surface area (Å²) in [5.41, 5.74) is 2.98. The minimum atomic E-state index is -0.286. The van der Waals surface area contributed by atoms with Crippen molar-refractivity contribution in [2.45, 2.75) is 0 Å². The highest BCUT2D eigenvalue weighted by atomic mass is 16.5. The van der Waals surface area contributed by atoms with E-state index < -0.39 is 0 Å². The van der Waals surface area contributed by atoms with E-state index in [1.165, 1.54) is 17.6 Å². The zero-order valence-electron chi connectivity index (χ0n) is 20.6. The van der Waals surface area contributed by atoms with Gasteiger partial charge >= 0.3 is 5.91 Å². The highest BCUT2D eigenvalue weighted by Crippen LogP contribution is 2.29. The molecular weight excluding hydrogens is 468 g/mol. The third-order valence-corrected chi connectivity index (χ3v) is 5.51. The molecule has 0 aliphatic rings. The number of aromatic nitrogens is 5. The van der Waals surface area contributed by atoms with Crippen LogP contribution in [0.3, 0.4) is 0 Å². The van der Waals surface area contributed by atoms with Crippen molar-refractivity contribution in [1.82, 2.24) is 29.5 Å². The first kappa shape index (κ1) is 23.7. The fraction of sp³-hybridized carbons (Fsp3) is 0.148. The van der Waals surface area contributed by atoms with E-state index in [0.717, 1.165) is 16.6 Å². The highest BCUT2D eigenvalue weighted by Gasteiger charge is 2.12. The van der Waals surface area contributed by atoms with Gasteiger partial charge in [-0.25, -0.2) is 19.5 Å². The maximum Gasteiger partial charge on any atom is 0.302 e. The fourth-order valence-electron chi connectivity index (χ4n) is 3.57. The number of pyridine rings is 1. The van der Waals surface area contributed by atoms with Crippen LogP contribution in [0, 0.1) is 11.8 Å². The fourth-order valence-corrected chi connectivity index (χ4v) is 3.57. The number of ether oxygens (including phenoxy) is 1. The number of nitrogens with zero attached hydrogens (tertiary/aromatic N) is 7. The molecule has 1 N–H and O–H groups in total. The van der Waals surface area contributed by atoms with Crippen LogP contribution in [0.5, 0.6) is 11.5 Å². The number of hydrogen-bond donors (Lipinski definition) is 1. The van der Waals surface area contributed by atoms with Crippen molar-refractivity contribution in [3.63, 3.8) is 0 Å². The van der Waals surface area contributed by atoms with Gasteiger partial charge in [-0.3, -0.25) is 9.69 Å². The van der Waals surface area contributed by atoms with Gasteiger partial charge in [-0.15, -0.1) is 0 Å². The number of fused-ring (bicyclic) bond motifs is 2. The predicted octanol–water partition coefficient (Wildman–Crippen LogP) is 3.74. The lowest BCUT2D eigenvalue weighted by molar-refractivity contribution is -0.113. The number of nitrogens with one attached hydrogen (secondary N) is 1. The Bertz CT molecular complexity index is 1630. The molecule has 3 heterocycles. The lowest BCUT2D eigenvalue weighted by Crippen LogP contribution is -2.24. The van der Waals surface area contributed by atoms with Gasteiger partial charge in [0.05, 0.1) is 12.1 Å². The topological polar surface area (TPSA) is 101 Å². The molecule has 1 amide bonds. The van der Waals surface area contributed by atoms with Crippen LogP contribution in [-0.2, 0) is 4.79 Å². The molecule has 0 aliphatic carbocycles. The minimum Gasteiger partial charge on any atom is -0.457 e. The van der Waals surface area contributed by atoms with Crippen molar-refractivity contribution >= 4 is 39.6 Å². The zero-order chi connectivity index (χ0) is 25.8. The molecule has 0 atom stereocenters. The van der Waals surface area contributed by atoms with E-state index >= 15 is 0 Å². The van der Waals surface area contributed by atoms with Crippen LogP contribution >= 0.6 is 0 Å². The minimum absolute atomic E-state index is 0.286. The Morgan fingerprint density at radius 1 is 0.973 bits per heavy atom. The van der Waals surface area contributed by atoms with Gasteiger partial charge in [-0.1, -0.05) is 5.92 Å². The maximum absolute atomic E-state index is 12.5. The van der Waals surface area contributed by atoms with Crippen molar-refractivity contribution in [1.29, 1.82) is 0 Å². The third kappa shape index (κ3) is 5.47. The van der Waals surface area contributed by atoms with Gasteiger partial charge in [-0.05, 0) is 68.5 Å². The molecule has 0 spiro atoms. The molecule has 5 rings (SSSR count). The summed E-state index contributed by atoms with van der Waals surface area (Å²) in [7, 11) is 5.51. The number of carbonyl (C=O) groups excluding carboxylic acids is 1. The van der Waals surface area contributed by atoms with Gasteiger partial charge in [0.15, 0.2) is 5.65 Å². The summed E-state index contributed by atoms with van der Waals surface area (Å²) in [5.74, 6) is 7.23. The van der Waals surface area contributed by atoms with E-state index in [2.05, 4.69) is 37.2 Å². The first-order chi connectivity index (χ1) is 18.0. The van der Waals surface area contributed by atoms with E-state index in [-0.39, 0.29) is 5.91 Å². The molecule has 0 bridgehead atoms. The second-order valence-corrected chi connectivity index (χ2v) is 8.50. The Balaban J connectivity index is 1.33. The Labute approximate surface area is 213 Å². The van der Waals surface area contributed by atoms with Crippen molar-refractivity contribution in [3.8, 4) is 23.3 Å². The number of anilines is 3. The van der Waals surface area contributed by atoms with Gasteiger partial charge < -0.3 is 15.0 Å². The molecule has 3 aromatic heterocycles. The van der Waals surface area contributed by atoms with Crippen molar-refractivity contribution in [2.75, 3.05) is 37.9 Å². The van der Waals surface area contributed by atoms with Gasteiger partial charge in [0.2, 0.25) is 0 Å². The van der Waals surface area contributed by atoms with Crippen LogP contribution in [0.25, 0.3) is 16.6 Å². The third-order valence-electron chi connectivity index (χ3n) is 5.51. The molecule has 0 fully saturated rings. The van der Waals surface area contributed by atoms with E-state index in [1.54, 1.807) is 17.8 Å². The first-order valence-corrected chi connectivity index (χ1v) is 11.5. The van der Waals surface area contributed by atoms with Crippen LogP contribution in [-0.4, -0.2) is 63.1 Å². The zero-order valence-corrected chi connectivity index (χ0v) is 20.6. The Kier molecular flexibility index (Phi) is 6.61. The second kappa shape index (κ2) is 10.3. The van der Waals surface area contributed by atoms with Crippen LogP contribution in [0.1, 0.15) is 0 Å². The lowest BCUT2D eigenvalue weighted by Gasteiger charge is -2.16. The van der Waals surface area contributed by atoms with E-state index in [0.29, 0.717) is 35.2 Å². The lowest BCUT2D eigenvalue weighted by atomic mass is 10.2. The summed E-state index contributed by atoms with van der Waals surface area (Å²) in [5, 5.41) is 8.20. The largest absolute Gasteiger partial charge is 0.457 e. The molecule has 10 heteroatoms. The number of amides is 1. The summed E-state index contributed by atoms with van der Waals surface area (Å²) >= 11 is 0. The smallest absolute Gasteiger partial charge is 0.302 e.